The van der Waals surface area contributed by atoms with Crippen molar-refractivity contribution in [1.82, 2.24) is 14.8 Å². The molecule has 1 atom stereocenters. The Morgan fingerprint density at radius 1 is 1.17 bits per heavy atom. The predicted molar refractivity (Wildman–Crippen MR) is 114 cm³/mol. The van der Waals surface area contributed by atoms with Gasteiger partial charge in [-0.15, -0.1) is 0 Å². The van der Waals surface area contributed by atoms with Crippen LogP contribution in [0.1, 0.15) is 23.2 Å². The molecule has 0 radical (unpaired) electrons. The van der Waals surface area contributed by atoms with Gasteiger partial charge in [-0.05, 0) is 55.3 Å². The minimum absolute atomic E-state index is 0.0503. The summed E-state index contributed by atoms with van der Waals surface area (Å²) >= 11 is 1.54. The summed E-state index contributed by atoms with van der Waals surface area (Å²) in [4.78, 5) is 19.9. The first kappa shape index (κ1) is 18.0. The highest BCUT2D eigenvalue weighted by atomic mass is 32.1. The minimum Gasteiger partial charge on any atom is -0.376 e. The first-order chi connectivity index (χ1) is 14.3. The van der Waals surface area contributed by atoms with Gasteiger partial charge in [0.15, 0.2) is 5.13 Å². The number of ether oxygens (including phenoxy) is 1. The number of carbonyl (C=O) groups excluding carboxylic acids is 1. The molecule has 1 aliphatic rings. The molecule has 0 bridgehead atoms. The Balaban J connectivity index is 1.46. The number of aromatic nitrogens is 3. The van der Waals surface area contributed by atoms with Gasteiger partial charge in [0, 0.05) is 24.6 Å². The lowest BCUT2D eigenvalue weighted by Gasteiger charge is -2.23. The molecule has 0 unspecified atom stereocenters. The summed E-state index contributed by atoms with van der Waals surface area (Å²) in [5, 5.41) is 4.94. The average Bonchev–Trinajstić information content (AvgIpc) is 3.53. The molecule has 146 valence electrons. The summed E-state index contributed by atoms with van der Waals surface area (Å²) in [5.41, 5.74) is 2.45. The molecule has 1 aliphatic heterocycles. The van der Waals surface area contributed by atoms with Crippen molar-refractivity contribution in [2.75, 3.05) is 18.1 Å². The van der Waals surface area contributed by atoms with Gasteiger partial charge in [-0.2, -0.15) is 5.10 Å². The van der Waals surface area contributed by atoms with Crippen LogP contribution in [0.15, 0.2) is 67.0 Å². The van der Waals surface area contributed by atoms with Crippen LogP contribution < -0.4 is 4.90 Å². The van der Waals surface area contributed by atoms with Gasteiger partial charge in [0.2, 0.25) is 0 Å². The number of hydrogen-bond acceptors (Lipinski definition) is 5. The second-order valence-corrected chi connectivity index (χ2v) is 8.02. The highest BCUT2D eigenvalue weighted by Gasteiger charge is 2.27. The van der Waals surface area contributed by atoms with E-state index in [0.29, 0.717) is 17.2 Å². The first-order valence-electron chi connectivity index (χ1n) is 9.67. The van der Waals surface area contributed by atoms with Gasteiger partial charge in [0.25, 0.3) is 5.91 Å². The largest absolute Gasteiger partial charge is 0.376 e. The molecule has 0 N–H and O–H groups in total. The van der Waals surface area contributed by atoms with Crippen molar-refractivity contribution in [3.05, 3.63) is 72.6 Å². The van der Waals surface area contributed by atoms with Gasteiger partial charge in [-0.1, -0.05) is 23.5 Å². The second kappa shape index (κ2) is 7.77. The predicted octanol–water partition coefficient (Wildman–Crippen LogP) is 4.31. The quantitative estimate of drug-likeness (QED) is 0.497. The van der Waals surface area contributed by atoms with Crippen LogP contribution in [0.4, 0.5) is 5.13 Å². The van der Waals surface area contributed by atoms with Crippen molar-refractivity contribution in [3.8, 4) is 5.69 Å². The number of thiazole rings is 1. The number of rotatable bonds is 5. The van der Waals surface area contributed by atoms with Crippen molar-refractivity contribution >= 4 is 32.6 Å². The Labute approximate surface area is 172 Å². The van der Waals surface area contributed by atoms with E-state index in [1.807, 2.05) is 60.8 Å². The van der Waals surface area contributed by atoms with Gasteiger partial charge in [-0.3, -0.25) is 9.69 Å². The maximum Gasteiger partial charge on any atom is 0.260 e. The molecule has 2 aromatic carbocycles. The molecule has 1 fully saturated rings. The van der Waals surface area contributed by atoms with Crippen LogP contribution in [0.5, 0.6) is 0 Å². The minimum atomic E-state index is -0.0634. The molecule has 0 saturated carbocycles. The van der Waals surface area contributed by atoms with Crippen LogP contribution in [-0.2, 0) is 4.74 Å². The molecule has 4 aromatic rings. The van der Waals surface area contributed by atoms with Gasteiger partial charge in [-0.25, -0.2) is 9.67 Å². The van der Waals surface area contributed by atoms with Gasteiger partial charge >= 0.3 is 0 Å². The van der Waals surface area contributed by atoms with Crippen molar-refractivity contribution in [3.63, 3.8) is 0 Å². The van der Waals surface area contributed by atoms with E-state index in [2.05, 4.69) is 5.10 Å². The van der Waals surface area contributed by atoms with Crippen LogP contribution in [-0.4, -0.2) is 39.9 Å². The van der Waals surface area contributed by atoms with Crippen LogP contribution in [0.2, 0.25) is 0 Å². The number of fused-ring (bicyclic) bond motifs is 1. The SMILES string of the molecule is O=C(c1ccc(-n2cccn2)cc1)N(C[C@H]1CCCO1)c1nc2ccccc2s1. The molecular weight excluding hydrogens is 384 g/mol. The van der Waals surface area contributed by atoms with E-state index in [9.17, 15) is 4.79 Å². The second-order valence-electron chi connectivity index (χ2n) is 7.01. The number of para-hydroxylation sites is 1. The van der Waals surface area contributed by atoms with E-state index in [1.165, 1.54) is 11.3 Å². The summed E-state index contributed by atoms with van der Waals surface area (Å²) in [6.07, 6.45) is 5.66. The Bertz CT molecular complexity index is 1080. The number of amides is 1. The van der Waals surface area contributed by atoms with Crippen LogP contribution in [0.3, 0.4) is 0 Å². The van der Waals surface area contributed by atoms with Crippen molar-refractivity contribution in [2.24, 2.45) is 0 Å². The van der Waals surface area contributed by atoms with Gasteiger partial charge in [0.05, 0.1) is 28.6 Å². The summed E-state index contributed by atoms with van der Waals surface area (Å²) in [6.45, 7) is 1.27. The molecule has 6 nitrogen and oxygen atoms in total. The Kier molecular flexibility index (Phi) is 4.83. The zero-order valence-corrected chi connectivity index (χ0v) is 16.6. The fourth-order valence-corrected chi connectivity index (χ4v) is 4.52. The molecule has 3 heterocycles. The summed E-state index contributed by atoms with van der Waals surface area (Å²) in [6, 6.07) is 17.3. The molecule has 29 heavy (non-hydrogen) atoms. The maximum atomic E-state index is 13.4. The number of carbonyl (C=O) groups is 1. The molecule has 7 heteroatoms. The zero-order chi connectivity index (χ0) is 19.6. The third kappa shape index (κ3) is 3.66. The van der Waals surface area contributed by atoms with Crippen molar-refractivity contribution in [2.45, 2.75) is 18.9 Å². The number of anilines is 1. The monoisotopic (exact) mass is 404 g/mol. The standard InChI is InChI=1S/C22H20N4O2S/c27-21(16-8-10-17(11-9-16)26-13-4-12-23-26)25(15-18-5-3-14-28-18)22-24-19-6-1-2-7-20(19)29-22/h1-2,4,6-13,18H,3,5,14-15H2/t18-/m1/s1. The number of benzene rings is 2. The van der Waals surface area contributed by atoms with Gasteiger partial charge < -0.3 is 4.74 Å². The lowest BCUT2D eigenvalue weighted by Crippen LogP contribution is -2.37. The molecule has 1 amide bonds. The highest BCUT2D eigenvalue weighted by Crippen LogP contribution is 2.30. The van der Waals surface area contributed by atoms with Crippen LogP contribution in [0, 0.1) is 0 Å². The lowest BCUT2D eigenvalue weighted by molar-refractivity contribution is 0.0917. The van der Waals surface area contributed by atoms with Crippen molar-refractivity contribution < 1.29 is 9.53 Å². The van der Waals surface area contributed by atoms with Crippen molar-refractivity contribution in [1.29, 1.82) is 0 Å². The van der Waals surface area contributed by atoms with E-state index >= 15 is 0 Å². The maximum absolute atomic E-state index is 13.4. The number of nitrogens with zero attached hydrogens (tertiary/aromatic N) is 4. The topological polar surface area (TPSA) is 60.2 Å². The average molecular weight is 404 g/mol. The third-order valence-corrected chi connectivity index (χ3v) is 6.11. The normalized spacial score (nSPS) is 16.3. The fourth-order valence-electron chi connectivity index (χ4n) is 3.55. The summed E-state index contributed by atoms with van der Waals surface area (Å²) in [7, 11) is 0. The smallest absolute Gasteiger partial charge is 0.260 e. The van der Waals surface area contributed by atoms with E-state index in [1.54, 1.807) is 15.8 Å². The molecular formula is C22H20N4O2S. The fraction of sp³-hybridized carbons (Fsp3) is 0.227. The summed E-state index contributed by atoms with van der Waals surface area (Å²) in [5.74, 6) is -0.0634. The Morgan fingerprint density at radius 3 is 2.76 bits per heavy atom. The van der Waals surface area contributed by atoms with Crippen LogP contribution in [0.25, 0.3) is 15.9 Å². The van der Waals surface area contributed by atoms with Gasteiger partial charge in [0.1, 0.15) is 0 Å². The Hall–Kier alpha value is -3.03. The molecule has 0 aliphatic carbocycles. The van der Waals surface area contributed by atoms with Crippen LogP contribution >= 0.6 is 11.3 Å². The molecule has 0 spiro atoms. The summed E-state index contributed by atoms with van der Waals surface area (Å²) < 4.78 is 8.65. The highest BCUT2D eigenvalue weighted by molar-refractivity contribution is 7.22. The van der Waals surface area contributed by atoms with E-state index < -0.39 is 0 Å². The van der Waals surface area contributed by atoms with E-state index in [0.717, 1.165) is 35.4 Å². The Morgan fingerprint density at radius 2 is 2.03 bits per heavy atom. The molecule has 5 rings (SSSR count). The zero-order valence-electron chi connectivity index (χ0n) is 15.8. The van der Waals surface area contributed by atoms with E-state index in [4.69, 9.17) is 9.72 Å². The molecule has 2 aromatic heterocycles. The van der Waals surface area contributed by atoms with E-state index in [-0.39, 0.29) is 12.0 Å². The number of hydrogen-bond donors (Lipinski definition) is 0. The third-order valence-electron chi connectivity index (χ3n) is 5.05. The first-order valence-corrected chi connectivity index (χ1v) is 10.5. The molecule has 1 saturated heterocycles. The lowest BCUT2D eigenvalue weighted by atomic mass is 10.1.